The van der Waals surface area contributed by atoms with Gasteiger partial charge >= 0.3 is 11.9 Å². The summed E-state index contributed by atoms with van der Waals surface area (Å²) in [5.41, 5.74) is 11.3. The Kier molecular flexibility index (Phi) is 13.1. The third-order valence-electron chi connectivity index (χ3n) is 11.8. The Bertz CT molecular complexity index is 2150. The first-order valence-corrected chi connectivity index (χ1v) is 19.0. The van der Waals surface area contributed by atoms with E-state index in [0.717, 1.165) is 42.4 Å². The van der Waals surface area contributed by atoms with Crippen molar-refractivity contribution in [1.82, 2.24) is 0 Å². The zero-order chi connectivity index (χ0) is 42.0. The van der Waals surface area contributed by atoms with E-state index < -0.39 is 11.9 Å². The minimum atomic E-state index is -0.988. The molecule has 4 aromatic carbocycles. The van der Waals surface area contributed by atoms with Crippen LogP contribution < -0.4 is 5.90 Å². The minimum Gasteiger partial charge on any atom is -0.478 e. The maximum absolute atomic E-state index is 13.1. The zero-order valence-electron chi connectivity index (χ0n) is 34.1. The van der Waals surface area contributed by atoms with E-state index >= 15 is 0 Å². The van der Waals surface area contributed by atoms with E-state index in [2.05, 4.69) is 107 Å². The van der Waals surface area contributed by atoms with Crippen LogP contribution in [0.2, 0.25) is 0 Å². The number of carbonyl (C=O) groups is 3. The van der Waals surface area contributed by atoms with Crippen LogP contribution in [0.5, 0.6) is 0 Å². The number of halogens is 1. The summed E-state index contributed by atoms with van der Waals surface area (Å²) < 4.78 is 3.22. The van der Waals surface area contributed by atoms with Crippen molar-refractivity contribution in [2.75, 3.05) is 0 Å². The van der Waals surface area contributed by atoms with Gasteiger partial charge in [-0.1, -0.05) is 96.9 Å². The summed E-state index contributed by atoms with van der Waals surface area (Å²) in [7, 11) is 0. The average molecular weight is 783 g/mol. The molecule has 0 saturated carbocycles. The molecule has 0 radical (unpaired) electrons. The summed E-state index contributed by atoms with van der Waals surface area (Å²) in [6.45, 7) is 22.1. The molecule has 9 nitrogen and oxygen atoms in total. The predicted octanol–water partition coefficient (Wildman–Crippen LogP) is 10.6. The molecule has 5 N–H and O–H groups in total. The molecule has 298 valence electrons. The molecule has 0 aromatic heterocycles. The molecule has 10 heteroatoms. The number of carboxylic acids is 2. The summed E-state index contributed by atoms with van der Waals surface area (Å²) >= 11 is 4.28. The molecule has 0 unspecified atom stereocenters. The molecule has 2 aliphatic rings. The predicted molar refractivity (Wildman–Crippen MR) is 222 cm³/mol. The van der Waals surface area contributed by atoms with Crippen LogP contribution >= 0.6 is 11.9 Å². The lowest BCUT2D eigenvalue weighted by molar-refractivity contribution is 0.0686. The summed E-state index contributed by atoms with van der Waals surface area (Å²) in [6, 6.07) is 21.2. The average Bonchev–Trinajstić information content (AvgIpc) is 3.13. The highest BCUT2D eigenvalue weighted by molar-refractivity contribution is 6.14. The van der Waals surface area contributed by atoms with Crippen molar-refractivity contribution in [1.29, 1.82) is 0 Å². The second kappa shape index (κ2) is 16.7. The van der Waals surface area contributed by atoms with Gasteiger partial charge in [0.05, 0.1) is 23.0 Å². The SMILES string of the molecule is Cc1cc2c(cc1/C(=N/O)c1ccc(C(=O)O)cc1)C(C)(C)CCC2(C)C.Cc1cc2c(cc1C(=O)c1ccc(C(=O)O)cc1)C(C)(C)CCC2(C)C.NOCl. The fourth-order valence-corrected chi connectivity index (χ4v) is 7.90. The zero-order valence-corrected chi connectivity index (χ0v) is 34.9. The van der Waals surface area contributed by atoms with Gasteiger partial charge in [-0.05, 0) is 131 Å². The number of aryl methyl sites for hydroxylation is 2. The lowest BCUT2D eigenvalue weighted by Gasteiger charge is -2.42. The summed E-state index contributed by atoms with van der Waals surface area (Å²) in [4.78, 5) is 35.2. The lowest BCUT2D eigenvalue weighted by atomic mass is 9.62. The molecule has 0 aliphatic heterocycles. The molecular weight excluding hydrogens is 728 g/mol. The number of nitrogens with two attached hydrogens (primary N) is 1. The maximum atomic E-state index is 13.1. The Morgan fingerprint density at radius 1 is 0.571 bits per heavy atom. The van der Waals surface area contributed by atoms with Crippen molar-refractivity contribution in [2.45, 2.75) is 117 Å². The Labute approximate surface area is 335 Å². The highest BCUT2D eigenvalue weighted by Gasteiger charge is 2.39. The molecule has 2 aliphatic carbocycles. The number of fused-ring (bicyclic) bond motifs is 2. The van der Waals surface area contributed by atoms with Crippen LogP contribution in [0.25, 0.3) is 0 Å². The molecule has 6 rings (SSSR count). The molecule has 4 aromatic rings. The van der Waals surface area contributed by atoms with Crippen LogP contribution in [0, 0.1) is 13.8 Å². The molecule has 0 saturated heterocycles. The minimum absolute atomic E-state index is 0.0424. The first-order valence-electron chi connectivity index (χ1n) is 18.7. The number of carboxylic acid groups (broad SMARTS) is 2. The molecular formula is C46H55ClN2O7. The first kappa shape index (κ1) is 43.9. The van der Waals surface area contributed by atoms with E-state index in [1.54, 1.807) is 24.3 Å². The van der Waals surface area contributed by atoms with Crippen LogP contribution in [0.1, 0.15) is 162 Å². The molecule has 0 atom stereocenters. The Balaban J connectivity index is 0.000000233. The van der Waals surface area contributed by atoms with E-state index in [4.69, 9.17) is 10.2 Å². The van der Waals surface area contributed by atoms with Gasteiger partial charge in [-0.2, -0.15) is 10.3 Å². The topological polar surface area (TPSA) is 160 Å². The van der Waals surface area contributed by atoms with Crippen molar-refractivity contribution >= 4 is 35.3 Å². The first-order chi connectivity index (χ1) is 26.0. The van der Waals surface area contributed by atoms with Crippen LogP contribution in [0.15, 0.2) is 78.0 Å². The number of aromatic carboxylic acids is 2. The molecule has 0 bridgehead atoms. The van der Waals surface area contributed by atoms with Crippen LogP contribution in [0.3, 0.4) is 0 Å². The number of benzene rings is 4. The van der Waals surface area contributed by atoms with Crippen molar-refractivity contribution in [3.05, 3.63) is 140 Å². The van der Waals surface area contributed by atoms with Gasteiger partial charge in [0.2, 0.25) is 0 Å². The molecule has 0 heterocycles. The number of ketones is 1. The Hall–Kier alpha value is -4.83. The number of hydrogen-bond acceptors (Lipinski definition) is 7. The number of nitrogens with zero attached hydrogens (tertiary/aromatic N) is 1. The van der Waals surface area contributed by atoms with Gasteiger partial charge in [0.1, 0.15) is 5.71 Å². The second-order valence-corrected chi connectivity index (χ2v) is 17.8. The number of rotatable bonds is 6. The quantitative estimate of drug-likeness (QED) is 0.0651. The summed E-state index contributed by atoms with van der Waals surface area (Å²) in [5, 5.41) is 31.4. The molecule has 56 heavy (non-hydrogen) atoms. The molecule has 0 amide bonds. The van der Waals surface area contributed by atoms with E-state index in [1.165, 1.54) is 46.5 Å². The number of carbonyl (C=O) groups excluding carboxylic acids is 1. The fraction of sp³-hybridized carbons (Fsp3) is 0.391. The Morgan fingerprint density at radius 2 is 0.857 bits per heavy atom. The fourth-order valence-electron chi connectivity index (χ4n) is 7.90. The summed E-state index contributed by atoms with van der Waals surface area (Å²) in [6.07, 6.45) is 4.48. The third-order valence-corrected chi connectivity index (χ3v) is 11.8. The lowest BCUT2D eigenvalue weighted by Crippen LogP contribution is -2.34. The van der Waals surface area contributed by atoms with Gasteiger partial charge in [-0.25, -0.2) is 9.59 Å². The van der Waals surface area contributed by atoms with E-state index in [9.17, 15) is 19.6 Å². The smallest absolute Gasteiger partial charge is 0.335 e. The summed E-state index contributed by atoms with van der Waals surface area (Å²) in [5.74, 6) is 2.10. The van der Waals surface area contributed by atoms with Gasteiger partial charge in [0.25, 0.3) is 0 Å². The van der Waals surface area contributed by atoms with Crippen LogP contribution in [0.4, 0.5) is 0 Å². The van der Waals surface area contributed by atoms with E-state index in [0.29, 0.717) is 22.4 Å². The molecule has 0 fully saturated rings. The van der Waals surface area contributed by atoms with Crippen molar-refractivity contribution in [2.24, 2.45) is 11.1 Å². The monoisotopic (exact) mass is 782 g/mol. The van der Waals surface area contributed by atoms with E-state index in [-0.39, 0.29) is 38.6 Å². The van der Waals surface area contributed by atoms with Crippen molar-refractivity contribution in [3.63, 3.8) is 0 Å². The van der Waals surface area contributed by atoms with Gasteiger partial charge in [0, 0.05) is 22.3 Å². The van der Waals surface area contributed by atoms with Gasteiger partial charge in [-0.15, -0.1) is 0 Å². The number of oxime groups is 1. The number of hydrogen-bond donors (Lipinski definition) is 4. The third kappa shape index (κ3) is 9.23. The highest BCUT2D eigenvalue weighted by Crippen LogP contribution is 2.48. The maximum Gasteiger partial charge on any atom is 0.335 e. The van der Waals surface area contributed by atoms with E-state index in [1.807, 2.05) is 13.8 Å². The van der Waals surface area contributed by atoms with Crippen LogP contribution in [-0.4, -0.2) is 38.9 Å². The van der Waals surface area contributed by atoms with Crippen molar-refractivity contribution < 1.29 is 34.2 Å². The largest absolute Gasteiger partial charge is 0.478 e. The molecule has 0 spiro atoms. The van der Waals surface area contributed by atoms with Crippen LogP contribution in [-0.2, 0) is 26.1 Å². The second-order valence-electron chi connectivity index (χ2n) is 17.6. The van der Waals surface area contributed by atoms with Gasteiger partial charge < -0.3 is 15.4 Å². The van der Waals surface area contributed by atoms with Gasteiger partial charge in [-0.3, -0.25) is 4.79 Å². The Morgan fingerprint density at radius 3 is 1.20 bits per heavy atom. The normalized spacial score (nSPS) is 17.1. The standard InChI is InChI=1S/C23H27NO3.C23H26O3.ClH2NO/c1-14-12-18-19(23(4,5)11-10-22(18,2)3)13-17(14)20(24-27)15-6-8-16(9-7-15)21(25)26;1-14-12-18-19(23(4,5)11-10-22(18,2)3)13-17(14)20(24)15-6-8-16(9-7-15)21(25)26;1-3-2/h6-9,12-13,27H,10-11H2,1-5H3,(H,25,26);6-9,12-13H,10-11H2,1-5H3,(H,25,26);2H2/b24-20+;;. The van der Waals surface area contributed by atoms with Gasteiger partial charge in [0.15, 0.2) is 5.78 Å². The van der Waals surface area contributed by atoms with Crippen molar-refractivity contribution in [3.8, 4) is 0 Å². The highest BCUT2D eigenvalue weighted by atomic mass is 35.5.